The summed E-state index contributed by atoms with van der Waals surface area (Å²) in [6, 6.07) is 18.6. The number of morpholine rings is 1. The van der Waals surface area contributed by atoms with E-state index in [1.54, 1.807) is 0 Å². The molecule has 3 aromatic heterocycles. The molecule has 31 heavy (non-hydrogen) atoms. The molecule has 0 aliphatic carbocycles. The number of nitrogens with zero attached hydrogens (tertiary/aromatic N) is 4. The summed E-state index contributed by atoms with van der Waals surface area (Å²) < 4.78 is 5.45. The number of hydrogen-bond acceptors (Lipinski definition) is 7. The molecular formula is C24H23N5OS. The van der Waals surface area contributed by atoms with Crippen molar-refractivity contribution >= 4 is 22.2 Å². The summed E-state index contributed by atoms with van der Waals surface area (Å²) in [5.74, 6) is 0. The van der Waals surface area contributed by atoms with Gasteiger partial charge in [0.05, 0.1) is 35.2 Å². The summed E-state index contributed by atoms with van der Waals surface area (Å²) in [6.45, 7) is 5.39. The van der Waals surface area contributed by atoms with Gasteiger partial charge in [-0.1, -0.05) is 29.5 Å². The highest BCUT2D eigenvalue weighted by Crippen LogP contribution is 2.38. The van der Waals surface area contributed by atoms with Crippen molar-refractivity contribution < 1.29 is 4.74 Å². The number of aromatic nitrogens is 3. The molecule has 2 N–H and O–H groups in total. The molecule has 0 atom stereocenters. The molecule has 1 aliphatic heterocycles. The number of anilines is 2. The third-order valence-corrected chi connectivity index (χ3v) is 6.24. The standard InChI is InChI=1S/C24H23N5OS/c1-16-3-2-4-20(27-16)23-22(28-24(25)31-23)18-9-10-26-21(15-18)17-5-7-19(8-6-17)29-11-13-30-14-12-29/h2-10,15H,11-14H2,1H3,(H2,25,28). The highest BCUT2D eigenvalue weighted by molar-refractivity contribution is 7.19. The molecule has 4 aromatic rings. The van der Waals surface area contributed by atoms with Crippen molar-refractivity contribution in [1.29, 1.82) is 0 Å². The number of hydrogen-bond donors (Lipinski definition) is 1. The molecule has 1 fully saturated rings. The van der Waals surface area contributed by atoms with E-state index in [1.165, 1.54) is 17.0 Å². The van der Waals surface area contributed by atoms with Gasteiger partial charge in [-0.2, -0.15) is 0 Å². The van der Waals surface area contributed by atoms with Gasteiger partial charge in [0.25, 0.3) is 0 Å². The molecular weight excluding hydrogens is 406 g/mol. The Morgan fingerprint density at radius 3 is 2.52 bits per heavy atom. The van der Waals surface area contributed by atoms with E-state index in [0.717, 1.165) is 65.1 Å². The van der Waals surface area contributed by atoms with Crippen molar-refractivity contribution in [2.24, 2.45) is 0 Å². The fourth-order valence-electron chi connectivity index (χ4n) is 3.78. The lowest BCUT2D eigenvalue weighted by molar-refractivity contribution is 0.122. The van der Waals surface area contributed by atoms with Crippen molar-refractivity contribution in [2.75, 3.05) is 36.9 Å². The Balaban J connectivity index is 1.48. The van der Waals surface area contributed by atoms with Crippen molar-refractivity contribution in [3.05, 3.63) is 66.5 Å². The molecule has 0 radical (unpaired) electrons. The molecule has 1 aromatic carbocycles. The number of nitrogen functional groups attached to an aromatic ring is 1. The van der Waals surface area contributed by atoms with Crippen molar-refractivity contribution in [3.8, 4) is 33.1 Å². The monoisotopic (exact) mass is 429 g/mol. The second-order valence-electron chi connectivity index (χ2n) is 7.47. The van der Waals surface area contributed by atoms with Gasteiger partial charge in [0.15, 0.2) is 5.13 Å². The fourth-order valence-corrected chi connectivity index (χ4v) is 4.60. The van der Waals surface area contributed by atoms with Crippen molar-refractivity contribution in [1.82, 2.24) is 15.0 Å². The molecule has 4 heterocycles. The van der Waals surface area contributed by atoms with E-state index < -0.39 is 0 Å². The van der Waals surface area contributed by atoms with E-state index in [9.17, 15) is 0 Å². The first-order valence-electron chi connectivity index (χ1n) is 10.3. The van der Waals surface area contributed by atoms with Gasteiger partial charge in [-0.25, -0.2) is 4.98 Å². The molecule has 1 aliphatic rings. The minimum Gasteiger partial charge on any atom is -0.378 e. The maximum Gasteiger partial charge on any atom is 0.181 e. The Hall–Kier alpha value is -3.29. The Labute approximate surface area is 185 Å². The average Bonchev–Trinajstić information content (AvgIpc) is 3.22. The van der Waals surface area contributed by atoms with Crippen LogP contribution in [0.3, 0.4) is 0 Å². The van der Waals surface area contributed by atoms with Crippen LogP contribution in [0.15, 0.2) is 60.8 Å². The van der Waals surface area contributed by atoms with Gasteiger partial charge in [0.2, 0.25) is 0 Å². The fraction of sp³-hybridized carbons (Fsp3) is 0.208. The summed E-state index contributed by atoms with van der Waals surface area (Å²) in [7, 11) is 0. The third kappa shape index (κ3) is 4.15. The largest absolute Gasteiger partial charge is 0.378 e. The summed E-state index contributed by atoms with van der Waals surface area (Å²) in [5, 5.41) is 0.529. The molecule has 0 bridgehead atoms. The summed E-state index contributed by atoms with van der Waals surface area (Å²) in [6.07, 6.45) is 1.82. The summed E-state index contributed by atoms with van der Waals surface area (Å²) >= 11 is 1.46. The molecule has 7 heteroatoms. The number of rotatable bonds is 4. The zero-order chi connectivity index (χ0) is 21.2. The summed E-state index contributed by atoms with van der Waals surface area (Å²) in [5.41, 5.74) is 12.9. The molecule has 1 saturated heterocycles. The van der Waals surface area contributed by atoms with Crippen LogP contribution >= 0.6 is 11.3 Å². The normalized spacial score (nSPS) is 14.0. The molecule has 0 spiro atoms. The van der Waals surface area contributed by atoms with Crippen molar-refractivity contribution in [2.45, 2.75) is 6.92 Å². The molecule has 0 amide bonds. The first-order valence-corrected chi connectivity index (χ1v) is 11.1. The highest BCUT2D eigenvalue weighted by Gasteiger charge is 2.16. The molecule has 6 nitrogen and oxygen atoms in total. The lowest BCUT2D eigenvalue weighted by Gasteiger charge is -2.28. The van der Waals surface area contributed by atoms with E-state index in [-0.39, 0.29) is 0 Å². The summed E-state index contributed by atoms with van der Waals surface area (Å²) in [4.78, 5) is 17.2. The van der Waals surface area contributed by atoms with Crippen LogP contribution in [-0.2, 0) is 4.74 Å². The second kappa shape index (κ2) is 8.45. The smallest absolute Gasteiger partial charge is 0.181 e. The minimum atomic E-state index is 0.529. The predicted molar refractivity (Wildman–Crippen MR) is 126 cm³/mol. The van der Waals surface area contributed by atoms with Crippen LogP contribution in [0.4, 0.5) is 10.8 Å². The molecule has 156 valence electrons. The van der Waals surface area contributed by atoms with E-state index in [0.29, 0.717) is 5.13 Å². The Morgan fingerprint density at radius 2 is 1.74 bits per heavy atom. The zero-order valence-electron chi connectivity index (χ0n) is 17.3. The van der Waals surface area contributed by atoms with E-state index >= 15 is 0 Å². The van der Waals surface area contributed by atoms with Gasteiger partial charge in [0, 0.05) is 41.8 Å². The van der Waals surface area contributed by atoms with Gasteiger partial charge in [-0.3, -0.25) is 9.97 Å². The van der Waals surface area contributed by atoms with Crippen LogP contribution in [0.5, 0.6) is 0 Å². The first-order chi connectivity index (χ1) is 15.2. The van der Waals surface area contributed by atoms with Crippen LogP contribution in [0.25, 0.3) is 33.1 Å². The topological polar surface area (TPSA) is 77.2 Å². The predicted octanol–water partition coefficient (Wildman–Crippen LogP) is 4.66. The number of pyridine rings is 2. The Bertz CT molecular complexity index is 1200. The number of nitrogens with two attached hydrogens (primary N) is 1. The zero-order valence-corrected chi connectivity index (χ0v) is 18.1. The second-order valence-corrected chi connectivity index (χ2v) is 8.50. The molecule has 5 rings (SSSR count). The SMILES string of the molecule is Cc1cccc(-c2sc(N)nc2-c2ccnc(-c3ccc(N4CCOCC4)cc3)c2)n1. The molecule has 0 unspecified atom stereocenters. The van der Waals surface area contributed by atoms with Gasteiger partial charge in [0.1, 0.15) is 0 Å². The first kappa shape index (κ1) is 19.7. The van der Waals surface area contributed by atoms with E-state index in [2.05, 4.69) is 50.2 Å². The minimum absolute atomic E-state index is 0.529. The third-order valence-electron chi connectivity index (χ3n) is 5.34. The van der Waals surface area contributed by atoms with Gasteiger partial charge >= 0.3 is 0 Å². The lowest BCUT2D eigenvalue weighted by Crippen LogP contribution is -2.36. The van der Waals surface area contributed by atoms with E-state index in [1.807, 2.05) is 37.4 Å². The average molecular weight is 430 g/mol. The van der Waals surface area contributed by atoms with Gasteiger partial charge < -0.3 is 15.4 Å². The quantitative estimate of drug-likeness (QED) is 0.508. The van der Waals surface area contributed by atoms with Crippen molar-refractivity contribution in [3.63, 3.8) is 0 Å². The van der Waals surface area contributed by atoms with E-state index in [4.69, 9.17) is 10.5 Å². The van der Waals surface area contributed by atoms with Gasteiger partial charge in [-0.05, 0) is 43.3 Å². The Kier molecular flexibility index (Phi) is 5.36. The maximum absolute atomic E-state index is 6.08. The van der Waals surface area contributed by atoms with Crippen LogP contribution in [0.2, 0.25) is 0 Å². The van der Waals surface area contributed by atoms with Crippen LogP contribution in [0.1, 0.15) is 5.69 Å². The lowest BCUT2D eigenvalue weighted by atomic mass is 10.1. The number of benzene rings is 1. The van der Waals surface area contributed by atoms with Crippen LogP contribution in [-0.4, -0.2) is 41.3 Å². The van der Waals surface area contributed by atoms with Crippen LogP contribution in [0, 0.1) is 6.92 Å². The number of aryl methyl sites for hydroxylation is 1. The maximum atomic E-state index is 6.08. The number of thiazole rings is 1. The number of ether oxygens (including phenoxy) is 1. The molecule has 0 saturated carbocycles. The van der Waals surface area contributed by atoms with Gasteiger partial charge in [-0.15, -0.1) is 0 Å². The van der Waals surface area contributed by atoms with Crippen LogP contribution < -0.4 is 10.6 Å². The highest BCUT2D eigenvalue weighted by atomic mass is 32.1. The Morgan fingerprint density at radius 1 is 0.935 bits per heavy atom.